The van der Waals surface area contributed by atoms with E-state index in [9.17, 15) is 4.79 Å². The van der Waals surface area contributed by atoms with E-state index in [0.29, 0.717) is 5.56 Å². The van der Waals surface area contributed by atoms with Crippen LogP contribution in [0.5, 0.6) is 0 Å². The fourth-order valence-electron chi connectivity index (χ4n) is 4.78. The number of rotatable bonds is 6. The van der Waals surface area contributed by atoms with E-state index in [1.54, 1.807) is 24.5 Å². The van der Waals surface area contributed by atoms with E-state index in [4.69, 9.17) is 5.10 Å². The molecule has 6 heteroatoms. The summed E-state index contributed by atoms with van der Waals surface area (Å²) < 4.78 is 0. The number of nitrogens with zero attached hydrogens (tertiary/aromatic N) is 4. The maximum absolute atomic E-state index is 12.2. The van der Waals surface area contributed by atoms with Crippen LogP contribution in [-0.2, 0) is 0 Å². The minimum atomic E-state index is -0.302. The van der Waals surface area contributed by atoms with E-state index in [0.717, 1.165) is 28.9 Å². The van der Waals surface area contributed by atoms with Crippen LogP contribution in [0.2, 0.25) is 0 Å². The molecule has 1 amide bonds. The molecule has 1 atom stereocenters. The number of nitrogens with one attached hydrogen (secondary N) is 1. The van der Waals surface area contributed by atoms with Gasteiger partial charge >= 0.3 is 0 Å². The van der Waals surface area contributed by atoms with E-state index >= 15 is 0 Å². The molecule has 0 saturated heterocycles. The average Bonchev–Trinajstić information content (AvgIpc) is 3.43. The van der Waals surface area contributed by atoms with Crippen LogP contribution in [-0.4, -0.2) is 22.8 Å². The average molecular weight is 496 g/mol. The Bertz CT molecular complexity index is 1620. The number of benzene rings is 4. The van der Waals surface area contributed by atoms with Gasteiger partial charge in [0.25, 0.3) is 5.91 Å². The maximum Gasteiger partial charge on any atom is 0.272 e. The normalized spacial score (nSPS) is 15.1. The van der Waals surface area contributed by atoms with Crippen LogP contribution in [0.1, 0.15) is 39.5 Å². The number of aromatic nitrogens is 1. The van der Waals surface area contributed by atoms with E-state index < -0.39 is 0 Å². The highest BCUT2D eigenvalue weighted by atomic mass is 16.2. The minimum Gasteiger partial charge on any atom is -0.267 e. The maximum atomic E-state index is 12.2. The van der Waals surface area contributed by atoms with Crippen molar-refractivity contribution in [2.24, 2.45) is 10.2 Å². The number of anilines is 1. The van der Waals surface area contributed by atoms with Gasteiger partial charge in [0.05, 0.1) is 29.2 Å². The van der Waals surface area contributed by atoms with Crippen molar-refractivity contribution >= 4 is 34.3 Å². The first-order valence-electron chi connectivity index (χ1n) is 12.5. The summed E-state index contributed by atoms with van der Waals surface area (Å²) in [6.07, 6.45) is 5.57. The van der Waals surface area contributed by atoms with Crippen LogP contribution in [0.3, 0.4) is 0 Å². The van der Waals surface area contributed by atoms with Gasteiger partial charge in [-0.05, 0) is 51.7 Å². The molecule has 0 spiro atoms. The lowest BCUT2D eigenvalue weighted by atomic mass is 9.94. The van der Waals surface area contributed by atoms with Gasteiger partial charge in [-0.2, -0.15) is 10.2 Å². The van der Waals surface area contributed by atoms with Crippen molar-refractivity contribution in [1.82, 2.24) is 10.4 Å². The molecular formula is C32H25N5O. The Labute approximate surface area is 221 Å². The van der Waals surface area contributed by atoms with E-state index in [-0.39, 0.29) is 11.9 Å². The Balaban J connectivity index is 1.28. The summed E-state index contributed by atoms with van der Waals surface area (Å²) in [6, 6.07) is 36.8. The fraction of sp³-hybridized carbons (Fsp3) is 0.0625. The number of hydrogen-bond acceptors (Lipinski definition) is 5. The number of carbonyl (C=O) groups is 1. The molecule has 0 saturated carbocycles. The number of amides is 1. The highest BCUT2D eigenvalue weighted by molar-refractivity contribution is 6.04. The topological polar surface area (TPSA) is 70.0 Å². The third kappa shape index (κ3) is 4.80. The Kier molecular flexibility index (Phi) is 6.43. The lowest BCUT2D eigenvalue weighted by Gasteiger charge is -2.25. The second kappa shape index (κ2) is 10.5. The molecule has 0 aliphatic carbocycles. The third-order valence-electron chi connectivity index (χ3n) is 6.66. The van der Waals surface area contributed by atoms with E-state index in [1.807, 2.05) is 30.3 Å². The Morgan fingerprint density at radius 3 is 2.47 bits per heavy atom. The summed E-state index contributed by atoms with van der Waals surface area (Å²) in [6.45, 7) is 0. The second-order valence-electron chi connectivity index (χ2n) is 9.08. The van der Waals surface area contributed by atoms with Crippen LogP contribution in [0, 0.1) is 0 Å². The van der Waals surface area contributed by atoms with Crippen molar-refractivity contribution in [2.75, 3.05) is 5.01 Å². The summed E-state index contributed by atoms with van der Waals surface area (Å²) in [5, 5.41) is 13.8. The Morgan fingerprint density at radius 1 is 0.868 bits per heavy atom. The molecule has 0 bridgehead atoms. The molecule has 1 N–H and O–H groups in total. The van der Waals surface area contributed by atoms with Crippen LogP contribution in [0.25, 0.3) is 10.8 Å². The van der Waals surface area contributed by atoms with Crippen molar-refractivity contribution in [1.29, 1.82) is 0 Å². The molecule has 6 rings (SSSR count). The van der Waals surface area contributed by atoms with Gasteiger partial charge in [0, 0.05) is 18.8 Å². The quantitative estimate of drug-likeness (QED) is 0.220. The van der Waals surface area contributed by atoms with Gasteiger partial charge in [-0.25, -0.2) is 5.43 Å². The number of hydrogen-bond donors (Lipinski definition) is 1. The molecule has 0 fully saturated rings. The van der Waals surface area contributed by atoms with Crippen molar-refractivity contribution in [3.8, 4) is 0 Å². The monoisotopic (exact) mass is 495 g/mol. The SMILES string of the molecule is O=C(N/N=C/c1ccc(N2N=C(c3ccccc3)C[C@H]2c2cccc3ccccc23)cc1)c1cccnc1. The van der Waals surface area contributed by atoms with Gasteiger partial charge in [-0.1, -0.05) is 84.9 Å². The molecule has 184 valence electrons. The molecule has 1 aliphatic heterocycles. The van der Waals surface area contributed by atoms with Crippen molar-refractivity contribution in [3.05, 3.63) is 144 Å². The van der Waals surface area contributed by atoms with Gasteiger partial charge in [-0.3, -0.25) is 14.8 Å². The van der Waals surface area contributed by atoms with Crippen LogP contribution < -0.4 is 10.4 Å². The van der Waals surface area contributed by atoms with Crippen LogP contribution in [0.4, 0.5) is 5.69 Å². The smallest absolute Gasteiger partial charge is 0.267 e. The first-order chi connectivity index (χ1) is 18.8. The van der Waals surface area contributed by atoms with Gasteiger partial charge in [0.15, 0.2) is 0 Å². The predicted octanol–water partition coefficient (Wildman–Crippen LogP) is 6.35. The molecular weight excluding hydrogens is 470 g/mol. The molecule has 0 unspecified atom stereocenters. The molecule has 1 aromatic heterocycles. The number of fused-ring (bicyclic) bond motifs is 1. The zero-order chi connectivity index (χ0) is 25.7. The Morgan fingerprint density at radius 2 is 1.66 bits per heavy atom. The molecule has 2 heterocycles. The number of pyridine rings is 1. The first kappa shape index (κ1) is 23.3. The standard InChI is InChI=1S/C32H25N5O/c38-32(26-12-7-19-33-22-26)35-34-21-23-15-17-27(18-16-23)37-31(20-30(36-37)25-9-2-1-3-10-25)29-14-6-11-24-8-4-5-13-28(24)29/h1-19,21-22,31H,20H2,(H,35,38)/b34-21+/t31-/m0/s1. The first-order valence-corrected chi connectivity index (χ1v) is 12.5. The largest absolute Gasteiger partial charge is 0.272 e. The Hall–Kier alpha value is -5.10. The van der Waals surface area contributed by atoms with E-state index in [1.165, 1.54) is 22.5 Å². The zero-order valence-electron chi connectivity index (χ0n) is 20.6. The van der Waals surface area contributed by atoms with Crippen molar-refractivity contribution in [2.45, 2.75) is 12.5 Å². The third-order valence-corrected chi connectivity index (χ3v) is 6.66. The minimum absolute atomic E-state index is 0.0644. The van der Waals surface area contributed by atoms with Gasteiger partial charge in [-0.15, -0.1) is 0 Å². The summed E-state index contributed by atoms with van der Waals surface area (Å²) in [5.41, 5.74) is 8.31. The molecule has 1 aliphatic rings. The van der Waals surface area contributed by atoms with Gasteiger partial charge < -0.3 is 0 Å². The van der Waals surface area contributed by atoms with Gasteiger partial charge in [0.1, 0.15) is 0 Å². The highest BCUT2D eigenvalue weighted by Crippen LogP contribution is 2.39. The van der Waals surface area contributed by atoms with Gasteiger partial charge in [0.2, 0.25) is 0 Å². The summed E-state index contributed by atoms with van der Waals surface area (Å²) >= 11 is 0. The number of hydrazone groups is 2. The van der Waals surface area contributed by atoms with Crippen LogP contribution >= 0.6 is 0 Å². The summed E-state index contributed by atoms with van der Waals surface area (Å²) in [4.78, 5) is 16.1. The van der Waals surface area contributed by atoms with Crippen molar-refractivity contribution < 1.29 is 4.79 Å². The summed E-state index contributed by atoms with van der Waals surface area (Å²) in [7, 11) is 0. The zero-order valence-corrected chi connectivity index (χ0v) is 20.6. The lowest BCUT2D eigenvalue weighted by molar-refractivity contribution is 0.0955. The second-order valence-corrected chi connectivity index (χ2v) is 9.08. The van der Waals surface area contributed by atoms with Crippen molar-refractivity contribution in [3.63, 3.8) is 0 Å². The predicted molar refractivity (Wildman–Crippen MR) is 153 cm³/mol. The molecule has 5 aromatic rings. The molecule has 38 heavy (non-hydrogen) atoms. The highest BCUT2D eigenvalue weighted by Gasteiger charge is 2.30. The molecule has 0 radical (unpaired) electrons. The molecule has 6 nitrogen and oxygen atoms in total. The number of carbonyl (C=O) groups excluding carboxylic acids is 1. The lowest BCUT2D eigenvalue weighted by Crippen LogP contribution is -2.19. The molecule has 4 aromatic carbocycles. The fourth-order valence-corrected chi connectivity index (χ4v) is 4.78. The van der Waals surface area contributed by atoms with Crippen LogP contribution in [0.15, 0.2) is 132 Å². The summed E-state index contributed by atoms with van der Waals surface area (Å²) in [5.74, 6) is -0.302. The van der Waals surface area contributed by atoms with E-state index in [2.05, 4.69) is 87.3 Å².